The smallest absolute Gasteiger partial charge is 0.230 e. The molecule has 2 heterocycles. The Morgan fingerprint density at radius 1 is 1.31 bits per heavy atom. The van der Waals surface area contributed by atoms with E-state index in [0.717, 1.165) is 30.2 Å². The Morgan fingerprint density at radius 3 is 2.73 bits per heavy atom. The van der Waals surface area contributed by atoms with Crippen LogP contribution in [0.15, 0.2) is 10.5 Å². The van der Waals surface area contributed by atoms with Crippen LogP contribution in [0.2, 0.25) is 0 Å². The van der Waals surface area contributed by atoms with Crippen LogP contribution in [0.4, 0.5) is 0 Å². The van der Waals surface area contributed by atoms with Gasteiger partial charge in [-0.3, -0.25) is 4.79 Å². The first-order valence-electron chi connectivity index (χ1n) is 9.49. The van der Waals surface area contributed by atoms with Crippen molar-refractivity contribution in [1.29, 1.82) is 0 Å². The van der Waals surface area contributed by atoms with Crippen LogP contribution in [0.3, 0.4) is 0 Å². The van der Waals surface area contributed by atoms with Crippen LogP contribution in [-0.4, -0.2) is 32.5 Å². The maximum absolute atomic E-state index is 12.3. The molecule has 0 bridgehead atoms. The monoisotopic (exact) mass is 392 g/mol. The van der Waals surface area contributed by atoms with Crippen LogP contribution < -0.4 is 5.32 Å². The van der Waals surface area contributed by atoms with Crippen molar-refractivity contribution in [3.05, 3.63) is 15.8 Å². The van der Waals surface area contributed by atoms with Gasteiger partial charge in [0.2, 0.25) is 5.91 Å². The van der Waals surface area contributed by atoms with Gasteiger partial charge in [0.25, 0.3) is 0 Å². The highest BCUT2D eigenvalue weighted by molar-refractivity contribution is 7.99. The van der Waals surface area contributed by atoms with Crippen LogP contribution in [-0.2, 0) is 18.3 Å². The van der Waals surface area contributed by atoms with Crippen molar-refractivity contribution in [2.75, 3.05) is 5.75 Å². The summed E-state index contributed by atoms with van der Waals surface area (Å²) in [7, 11) is 1.98. The molecule has 0 saturated heterocycles. The average molecular weight is 393 g/mol. The van der Waals surface area contributed by atoms with E-state index in [4.69, 9.17) is 0 Å². The van der Waals surface area contributed by atoms with E-state index < -0.39 is 0 Å². The van der Waals surface area contributed by atoms with E-state index in [1.807, 2.05) is 11.6 Å². The number of hydrogen-bond acceptors (Lipinski definition) is 5. The third-order valence-corrected chi connectivity index (χ3v) is 7.06. The molecular formula is C19H28N4OS2. The van der Waals surface area contributed by atoms with Crippen LogP contribution in [0, 0.1) is 6.92 Å². The zero-order chi connectivity index (χ0) is 18.5. The second-order valence-corrected chi connectivity index (χ2v) is 8.97. The predicted molar refractivity (Wildman–Crippen MR) is 109 cm³/mol. The highest BCUT2D eigenvalue weighted by Crippen LogP contribution is 2.31. The second-order valence-electron chi connectivity index (χ2n) is 6.95. The Labute approximate surface area is 164 Å². The van der Waals surface area contributed by atoms with Gasteiger partial charge in [-0.15, -0.1) is 21.5 Å². The van der Waals surface area contributed by atoms with Crippen molar-refractivity contribution in [2.45, 2.75) is 70.0 Å². The first-order chi connectivity index (χ1) is 12.6. The largest absolute Gasteiger partial charge is 0.353 e. The molecule has 26 heavy (non-hydrogen) atoms. The molecule has 1 saturated carbocycles. The molecule has 1 aliphatic carbocycles. The molecule has 142 valence electrons. The minimum absolute atomic E-state index is 0.104. The number of amides is 1. The Bertz CT molecular complexity index is 745. The minimum Gasteiger partial charge on any atom is -0.353 e. The summed E-state index contributed by atoms with van der Waals surface area (Å²) in [5, 5.41) is 14.8. The second kappa shape index (κ2) is 9.04. The number of nitrogens with zero attached hydrogens (tertiary/aromatic N) is 3. The third kappa shape index (κ3) is 4.49. The zero-order valence-electron chi connectivity index (χ0n) is 15.9. The number of hydrogen-bond donors (Lipinski definition) is 1. The molecule has 1 N–H and O–H groups in total. The number of aryl methyl sites for hydroxylation is 1. The van der Waals surface area contributed by atoms with Gasteiger partial charge in [0.1, 0.15) is 0 Å². The summed E-state index contributed by atoms with van der Waals surface area (Å²) in [6, 6.07) is 0.349. The molecule has 0 spiro atoms. The third-order valence-electron chi connectivity index (χ3n) is 5.09. The quantitative estimate of drug-likeness (QED) is 0.587. The SMILES string of the molecule is CCc1c(-c2nnc(SCC(=O)NC3CCCCCC3)n2C)csc1C. The van der Waals surface area contributed by atoms with Gasteiger partial charge in [-0.05, 0) is 31.7 Å². The molecule has 1 fully saturated rings. The molecule has 7 heteroatoms. The van der Waals surface area contributed by atoms with Gasteiger partial charge < -0.3 is 9.88 Å². The molecule has 0 aromatic carbocycles. The van der Waals surface area contributed by atoms with E-state index in [-0.39, 0.29) is 5.91 Å². The number of thioether (sulfide) groups is 1. The summed E-state index contributed by atoms with van der Waals surface area (Å²) < 4.78 is 2.00. The topological polar surface area (TPSA) is 59.8 Å². The van der Waals surface area contributed by atoms with E-state index in [1.165, 1.54) is 53.4 Å². The predicted octanol–water partition coefficient (Wildman–Crippen LogP) is 4.35. The molecular weight excluding hydrogens is 364 g/mol. The standard InChI is InChI=1S/C19H28N4OS2/c1-4-15-13(2)25-11-16(15)18-21-22-19(23(18)3)26-12-17(24)20-14-9-7-5-6-8-10-14/h11,14H,4-10,12H2,1-3H3,(H,20,24). The van der Waals surface area contributed by atoms with E-state index in [1.54, 1.807) is 11.3 Å². The molecule has 2 aromatic rings. The molecule has 3 rings (SSSR count). The van der Waals surface area contributed by atoms with Crippen molar-refractivity contribution in [1.82, 2.24) is 20.1 Å². The van der Waals surface area contributed by atoms with Gasteiger partial charge in [0.05, 0.1) is 5.75 Å². The van der Waals surface area contributed by atoms with Gasteiger partial charge in [0, 0.05) is 28.9 Å². The summed E-state index contributed by atoms with van der Waals surface area (Å²) >= 11 is 3.22. The highest BCUT2D eigenvalue weighted by atomic mass is 32.2. The number of thiophene rings is 1. The fourth-order valence-corrected chi connectivity index (χ4v) is 5.27. The average Bonchev–Trinajstić information content (AvgIpc) is 3.05. The number of carbonyl (C=O) groups excluding carboxylic acids is 1. The van der Waals surface area contributed by atoms with Crippen molar-refractivity contribution < 1.29 is 4.79 Å². The Balaban J connectivity index is 1.60. The molecule has 0 radical (unpaired) electrons. The number of rotatable bonds is 6. The normalized spacial score (nSPS) is 15.8. The van der Waals surface area contributed by atoms with E-state index >= 15 is 0 Å². The molecule has 1 amide bonds. The van der Waals surface area contributed by atoms with Gasteiger partial charge in [-0.25, -0.2) is 0 Å². The van der Waals surface area contributed by atoms with Crippen LogP contribution in [0.5, 0.6) is 0 Å². The van der Waals surface area contributed by atoms with Crippen LogP contribution in [0.1, 0.15) is 55.9 Å². The molecule has 1 aliphatic rings. The van der Waals surface area contributed by atoms with Gasteiger partial charge in [-0.1, -0.05) is 44.4 Å². The lowest BCUT2D eigenvalue weighted by Crippen LogP contribution is -2.35. The molecule has 0 aliphatic heterocycles. The number of nitrogens with one attached hydrogen (secondary N) is 1. The number of carbonyl (C=O) groups is 1. The highest BCUT2D eigenvalue weighted by Gasteiger charge is 2.19. The van der Waals surface area contributed by atoms with E-state index in [0.29, 0.717) is 11.8 Å². The lowest BCUT2D eigenvalue weighted by molar-refractivity contribution is -0.119. The summed E-state index contributed by atoms with van der Waals surface area (Å²) in [5.74, 6) is 1.39. The van der Waals surface area contributed by atoms with E-state index in [9.17, 15) is 4.79 Å². The van der Waals surface area contributed by atoms with Gasteiger partial charge >= 0.3 is 0 Å². The first kappa shape index (κ1) is 19.4. The fraction of sp³-hybridized carbons (Fsp3) is 0.632. The first-order valence-corrected chi connectivity index (χ1v) is 11.4. The minimum atomic E-state index is 0.104. The lowest BCUT2D eigenvalue weighted by atomic mass is 10.1. The maximum atomic E-state index is 12.3. The summed E-state index contributed by atoms with van der Waals surface area (Å²) in [5.41, 5.74) is 2.51. The fourth-order valence-electron chi connectivity index (χ4n) is 3.60. The van der Waals surface area contributed by atoms with Gasteiger partial charge in [-0.2, -0.15) is 0 Å². The molecule has 2 aromatic heterocycles. The van der Waals surface area contributed by atoms with E-state index in [2.05, 4.69) is 34.7 Å². The Hall–Kier alpha value is -1.34. The zero-order valence-corrected chi connectivity index (χ0v) is 17.5. The van der Waals surface area contributed by atoms with Crippen molar-refractivity contribution in [3.63, 3.8) is 0 Å². The summed E-state index contributed by atoms with van der Waals surface area (Å²) in [4.78, 5) is 13.6. The summed E-state index contributed by atoms with van der Waals surface area (Å²) in [6.07, 6.45) is 8.26. The van der Waals surface area contributed by atoms with Crippen molar-refractivity contribution in [2.24, 2.45) is 7.05 Å². The Kier molecular flexibility index (Phi) is 6.75. The van der Waals surface area contributed by atoms with Crippen molar-refractivity contribution >= 4 is 29.0 Å². The maximum Gasteiger partial charge on any atom is 0.230 e. The van der Waals surface area contributed by atoms with Crippen LogP contribution in [0.25, 0.3) is 11.4 Å². The molecule has 0 unspecified atom stereocenters. The summed E-state index contributed by atoms with van der Waals surface area (Å²) in [6.45, 7) is 4.32. The Morgan fingerprint density at radius 2 is 2.04 bits per heavy atom. The molecule has 0 atom stereocenters. The molecule has 5 nitrogen and oxygen atoms in total. The number of aromatic nitrogens is 3. The van der Waals surface area contributed by atoms with Crippen LogP contribution >= 0.6 is 23.1 Å². The van der Waals surface area contributed by atoms with Crippen molar-refractivity contribution in [3.8, 4) is 11.4 Å². The lowest BCUT2D eigenvalue weighted by Gasteiger charge is -2.15. The van der Waals surface area contributed by atoms with Gasteiger partial charge in [0.15, 0.2) is 11.0 Å².